The molecule has 3 aromatic heterocycles. The Labute approximate surface area is 179 Å². The Bertz CT molecular complexity index is 948. The van der Waals surface area contributed by atoms with Crippen LogP contribution in [0.15, 0.2) is 53.4 Å². The standard InChI is InChI=1S/C22H24N4OS2/c27-21(25-12-10-24(11-13-25)20-5-1-2-8-23-20)16-26-9-6-18-17(7-15-29-18)22(26)19-4-3-14-28-19/h1-5,7-8,14-15,22H,6,9-13,16H2. The van der Waals surface area contributed by atoms with E-state index in [1.165, 1.54) is 15.3 Å². The molecule has 2 aliphatic heterocycles. The van der Waals surface area contributed by atoms with Gasteiger partial charge in [0.15, 0.2) is 0 Å². The molecule has 7 heteroatoms. The van der Waals surface area contributed by atoms with Gasteiger partial charge in [0.05, 0.1) is 12.6 Å². The van der Waals surface area contributed by atoms with E-state index in [0.29, 0.717) is 6.54 Å². The quantitative estimate of drug-likeness (QED) is 0.643. The first-order valence-corrected chi connectivity index (χ1v) is 11.8. The molecule has 0 bridgehead atoms. The molecule has 0 aliphatic carbocycles. The number of piperazine rings is 1. The summed E-state index contributed by atoms with van der Waals surface area (Å²) in [6, 6.07) is 12.7. The van der Waals surface area contributed by atoms with E-state index in [-0.39, 0.29) is 11.9 Å². The summed E-state index contributed by atoms with van der Waals surface area (Å²) in [7, 11) is 0. The third kappa shape index (κ3) is 3.82. The molecule has 5 rings (SSSR count). The van der Waals surface area contributed by atoms with Gasteiger partial charge in [-0.25, -0.2) is 4.98 Å². The van der Waals surface area contributed by atoms with Gasteiger partial charge in [0.25, 0.3) is 0 Å². The van der Waals surface area contributed by atoms with Crippen molar-refractivity contribution in [3.63, 3.8) is 0 Å². The molecule has 0 radical (unpaired) electrons. The average Bonchev–Trinajstić information content (AvgIpc) is 3.46. The van der Waals surface area contributed by atoms with Crippen molar-refractivity contribution >= 4 is 34.4 Å². The first kappa shape index (κ1) is 18.8. The number of anilines is 1. The molecule has 5 heterocycles. The number of pyridine rings is 1. The Morgan fingerprint density at radius 2 is 1.90 bits per heavy atom. The van der Waals surface area contributed by atoms with Gasteiger partial charge < -0.3 is 9.80 Å². The molecule has 1 unspecified atom stereocenters. The van der Waals surface area contributed by atoms with E-state index >= 15 is 0 Å². The van der Waals surface area contributed by atoms with Crippen molar-refractivity contribution in [3.8, 4) is 0 Å². The molecule has 1 saturated heterocycles. The van der Waals surface area contributed by atoms with Gasteiger partial charge in [0, 0.05) is 48.7 Å². The highest BCUT2D eigenvalue weighted by Gasteiger charge is 2.33. The first-order valence-electron chi connectivity index (χ1n) is 10.1. The number of carbonyl (C=O) groups is 1. The number of nitrogens with zero attached hydrogens (tertiary/aromatic N) is 4. The number of rotatable bonds is 4. The third-order valence-corrected chi connectivity index (χ3v) is 7.74. The van der Waals surface area contributed by atoms with Crippen molar-refractivity contribution < 1.29 is 4.79 Å². The summed E-state index contributed by atoms with van der Waals surface area (Å²) < 4.78 is 0. The van der Waals surface area contributed by atoms with Crippen molar-refractivity contribution in [2.75, 3.05) is 44.2 Å². The zero-order valence-corrected chi connectivity index (χ0v) is 17.9. The largest absolute Gasteiger partial charge is 0.353 e. The Morgan fingerprint density at radius 3 is 2.66 bits per heavy atom. The molecule has 0 aromatic carbocycles. The van der Waals surface area contributed by atoms with E-state index in [4.69, 9.17) is 0 Å². The lowest BCUT2D eigenvalue weighted by molar-refractivity contribution is -0.133. The summed E-state index contributed by atoms with van der Waals surface area (Å²) in [5, 5.41) is 4.32. The van der Waals surface area contributed by atoms with Crippen LogP contribution in [0.2, 0.25) is 0 Å². The minimum atomic E-state index is 0.212. The smallest absolute Gasteiger partial charge is 0.236 e. The SMILES string of the molecule is O=C(CN1CCc2sccc2C1c1cccs1)N1CCN(c2ccccn2)CC1. The fourth-order valence-corrected chi connectivity index (χ4v) is 6.10. The molecule has 29 heavy (non-hydrogen) atoms. The molecule has 1 amide bonds. The highest BCUT2D eigenvalue weighted by Crippen LogP contribution is 2.39. The fourth-order valence-electron chi connectivity index (χ4n) is 4.32. The summed E-state index contributed by atoms with van der Waals surface area (Å²) >= 11 is 3.63. The van der Waals surface area contributed by atoms with Gasteiger partial charge in [-0.2, -0.15) is 0 Å². The maximum atomic E-state index is 13.1. The third-order valence-electron chi connectivity index (χ3n) is 5.82. The molecule has 150 valence electrons. The second-order valence-corrected chi connectivity index (χ2v) is 9.47. The molecule has 2 aliphatic rings. The number of fused-ring (bicyclic) bond motifs is 1. The predicted octanol–water partition coefficient (Wildman–Crippen LogP) is 3.50. The predicted molar refractivity (Wildman–Crippen MR) is 119 cm³/mol. The first-order chi connectivity index (χ1) is 14.3. The maximum Gasteiger partial charge on any atom is 0.236 e. The van der Waals surface area contributed by atoms with Crippen LogP contribution in [0.1, 0.15) is 21.4 Å². The molecule has 0 N–H and O–H groups in total. The Hall–Kier alpha value is -2.22. The second-order valence-electron chi connectivity index (χ2n) is 7.49. The minimum absolute atomic E-state index is 0.212. The van der Waals surface area contributed by atoms with Crippen LogP contribution in [0.4, 0.5) is 5.82 Å². The average molecular weight is 425 g/mol. The van der Waals surface area contributed by atoms with Crippen LogP contribution in [0, 0.1) is 0 Å². The molecule has 0 spiro atoms. The molecule has 3 aromatic rings. The highest BCUT2D eigenvalue weighted by molar-refractivity contribution is 7.10. The monoisotopic (exact) mass is 424 g/mol. The van der Waals surface area contributed by atoms with Gasteiger partial charge in [0.2, 0.25) is 5.91 Å². The summed E-state index contributed by atoms with van der Waals surface area (Å²) in [4.78, 5) is 27.0. The number of aromatic nitrogens is 1. The van der Waals surface area contributed by atoms with Crippen LogP contribution in [0.3, 0.4) is 0 Å². The number of carbonyl (C=O) groups excluding carboxylic acids is 1. The van der Waals surface area contributed by atoms with Crippen molar-refractivity contribution in [1.29, 1.82) is 0 Å². The van der Waals surface area contributed by atoms with Crippen LogP contribution in [0.25, 0.3) is 0 Å². The summed E-state index contributed by atoms with van der Waals surface area (Å²) in [5.74, 6) is 1.24. The molecular formula is C22H24N4OS2. The zero-order chi connectivity index (χ0) is 19.6. The van der Waals surface area contributed by atoms with Crippen molar-refractivity contribution in [1.82, 2.24) is 14.8 Å². The van der Waals surface area contributed by atoms with E-state index in [2.05, 4.69) is 43.7 Å². The van der Waals surface area contributed by atoms with E-state index < -0.39 is 0 Å². The van der Waals surface area contributed by atoms with E-state index in [9.17, 15) is 4.79 Å². The number of thiophene rings is 2. The molecule has 1 fully saturated rings. The van der Waals surface area contributed by atoms with Crippen LogP contribution < -0.4 is 4.90 Å². The van der Waals surface area contributed by atoms with Gasteiger partial charge in [0.1, 0.15) is 5.82 Å². The second kappa shape index (κ2) is 8.26. The van der Waals surface area contributed by atoms with Crippen LogP contribution in [-0.4, -0.2) is 60.0 Å². The Morgan fingerprint density at radius 1 is 1.00 bits per heavy atom. The maximum absolute atomic E-state index is 13.1. The van der Waals surface area contributed by atoms with Gasteiger partial charge in [-0.3, -0.25) is 9.69 Å². The van der Waals surface area contributed by atoms with Gasteiger partial charge in [-0.05, 0) is 47.0 Å². The fraction of sp³-hybridized carbons (Fsp3) is 0.364. The molecular weight excluding hydrogens is 400 g/mol. The Kier molecular flexibility index (Phi) is 5.35. The van der Waals surface area contributed by atoms with Gasteiger partial charge in [-0.15, -0.1) is 22.7 Å². The number of amides is 1. The summed E-state index contributed by atoms with van der Waals surface area (Å²) in [5.41, 5.74) is 1.39. The number of hydrogen-bond acceptors (Lipinski definition) is 6. The topological polar surface area (TPSA) is 39.7 Å². The highest BCUT2D eigenvalue weighted by atomic mass is 32.1. The Balaban J connectivity index is 1.26. The molecule has 1 atom stereocenters. The van der Waals surface area contributed by atoms with Gasteiger partial charge in [-0.1, -0.05) is 12.1 Å². The van der Waals surface area contributed by atoms with Crippen molar-refractivity contribution in [2.45, 2.75) is 12.5 Å². The van der Waals surface area contributed by atoms with E-state index in [1.807, 2.05) is 40.6 Å². The summed E-state index contributed by atoms with van der Waals surface area (Å²) in [6.07, 6.45) is 2.86. The summed E-state index contributed by atoms with van der Waals surface area (Å²) in [6.45, 7) is 4.63. The van der Waals surface area contributed by atoms with Crippen LogP contribution >= 0.6 is 22.7 Å². The lowest BCUT2D eigenvalue weighted by Crippen LogP contribution is -2.52. The molecule has 0 saturated carbocycles. The van der Waals surface area contributed by atoms with Crippen LogP contribution in [0.5, 0.6) is 0 Å². The minimum Gasteiger partial charge on any atom is -0.353 e. The lowest BCUT2D eigenvalue weighted by Gasteiger charge is -2.39. The van der Waals surface area contributed by atoms with E-state index in [0.717, 1.165) is 45.0 Å². The van der Waals surface area contributed by atoms with Crippen molar-refractivity contribution in [3.05, 3.63) is 68.7 Å². The lowest BCUT2D eigenvalue weighted by atomic mass is 9.98. The normalized spacial score (nSPS) is 19.9. The zero-order valence-electron chi connectivity index (χ0n) is 16.2. The van der Waals surface area contributed by atoms with Crippen LogP contribution in [-0.2, 0) is 11.2 Å². The van der Waals surface area contributed by atoms with E-state index in [1.54, 1.807) is 11.3 Å². The van der Waals surface area contributed by atoms with Crippen molar-refractivity contribution in [2.24, 2.45) is 0 Å². The van der Waals surface area contributed by atoms with Gasteiger partial charge >= 0.3 is 0 Å². The molecule has 5 nitrogen and oxygen atoms in total. The number of hydrogen-bond donors (Lipinski definition) is 0.